The van der Waals surface area contributed by atoms with Crippen LogP contribution in [-0.4, -0.2) is 79.1 Å². The van der Waals surface area contributed by atoms with Gasteiger partial charge in [0.05, 0.1) is 12.4 Å². The first-order chi connectivity index (χ1) is 19.0. The maximum Gasteiger partial charge on any atom is 0.326 e. The molecule has 3 aromatic rings. The zero-order valence-electron chi connectivity index (χ0n) is 22.7. The van der Waals surface area contributed by atoms with E-state index < -0.39 is 54.0 Å². The number of fused-ring (bicyclic) bond motifs is 1. The number of aliphatic carboxylic acids is 1. The van der Waals surface area contributed by atoms with E-state index in [0.29, 0.717) is 11.3 Å². The van der Waals surface area contributed by atoms with Gasteiger partial charge in [-0.05, 0) is 30.9 Å². The van der Waals surface area contributed by atoms with Crippen LogP contribution in [0.15, 0.2) is 43.0 Å². The normalized spacial score (nSPS) is 15.2. The molecule has 0 aliphatic heterocycles. The molecule has 1 aromatic carbocycles. The maximum atomic E-state index is 13.4. The Labute approximate surface area is 231 Å². The molecule has 40 heavy (non-hydrogen) atoms. The molecule has 0 radical (unpaired) electrons. The number of aliphatic hydroxyl groups is 1. The summed E-state index contributed by atoms with van der Waals surface area (Å²) in [6, 6.07) is 2.67. The fourth-order valence-electron chi connectivity index (χ4n) is 4.28. The Morgan fingerprint density at radius 3 is 2.20 bits per heavy atom. The molecule has 0 saturated heterocycles. The predicted octanol–water partition coefficient (Wildman–Crippen LogP) is -0.0306. The van der Waals surface area contributed by atoms with E-state index in [1.807, 2.05) is 38.1 Å². The molecule has 0 aliphatic carbocycles. The second kappa shape index (κ2) is 13.7. The summed E-state index contributed by atoms with van der Waals surface area (Å²) in [5.74, 6) is -3.32. The molecule has 0 fully saturated rings. The Morgan fingerprint density at radius 1 is 0.925 bits per heavy atom. The van der Waals surface area contributed by atoms with Crippen molar-refractivity contribution in [1.29, 1.82) is 0 Å². The van der Waals surface area contributed by atoms with Crippen LogP contribution in [0.5, 0.6) is 0 Å². The summed E-state index contributed by atoms with van der Waals surface area (Å²) in [7, 11) is 0. The molecule has 0 aliphatic rings. The summed E-state index contributed by atoms with van der Waals surface area (Å²) in [4.78, 5) is 61.2. The van der Waals surface area contributed by atoms with Crippen molar-refractivity contribution in [1.82, 2.24) is 30.9 Å². The third-order valence-corrected chi connectivity index (χ3v) is 6.49. The van der Waals surface area contributed by atoms with E-state index in [1.165, 1.54) is 19.4 Å². The number of aromatic nitrogens is 3. The quantitative estimate of drug-likeness (QED) is 0.135. The van der Waals surface area contributed by atoms with Crippen LogP contribution < -0.4 is 21.7 Å². The predicted molar refractivity (Wildman–Crippen MR) is 147 cm³/mol. The van der Waals surface area contributed by atoms with Crippen molar-refractivity contribution in [2.24, 2.45) is 11.7 Å². The number of carbonyl (C=O) groups is 4. The van der Waals surface area contributed by atoms with E-state index in [-0.39, 0.29) is 25.2 Å². The first kappa shape index (κ1) is 30.3. The lowest BCUT2D eigenvalue weighted by molar-refractivity contribution is -0.142. The molecule has 2 heterocycles. The first-order valence-electron chi connectivity index (χ1n) is 13.1. The van der Waals surface area contributed by atoms with Crippen molar-refractivity contribution in [2.45, 2.75) is 70.3 Å². The number of carboxylic acid groups (broad SMARTS) is 1. The lowest BCUT2D eigenvalue weighted by Gasteiger charge is -2.26. The highest BCUT2D eigenvalue weighted by molar-refractivity contribution is 5.94. The number of rotatable bonds is 14. The van der Waals surface area contributed by atoms with Crippen molar-refractivity contribution in [2.75, 3.05) is 0 Å². The van der Waals surface area contributed by atoms with Gasteiger partial charge in [-0.3, -0.25) is 14.4 Å². The van der Waals surface area contributed by atoms with Crippen molar-refractivity contribution in [3.05, 3.63) is 54.2 Å². The van der Waals surface area contributed by atoms with Crippen molar-refractivity contribution in [3.8, 4) is 0 Å². The lowest BCUT2D eigenvalue weighted by atomic mass is 10.0. The van der Waals surface area contributed by atoms with E-state index in [1.54, 1.807) is 6.20 Å². The molecular formula is C27H37N7O6. The van der Waals surface area contributed by atoms with Gasteiger partial charge in [-0.15, -0.1) is 0 Å². The average Bonchev–Trinajstić information content (AvgIpc) is 3.56. The van der Waals surface area contributed by atoms with Crippen molar-refractivity contribution < 1.29 is 29.4 Å². The molecule has 13 heteroatoms. The molecule has 3 amide bonds. The van der Waals surface area contributed by atoms with E-state index >= 15 is 0 Å². The van der Waals surface area contributed by atoms with Gasteiger partial charge < -0.3 is 41.9 Å². The van der Waals surface area contributed by atoms with Gasteiger partial charge in [-0.25, -0.2) is 9.78 Å². The van der Waals surface area contributed by atoms with Crippen LogP contribution in [-0.2, 0) is 32.0 Å². The van der Waals surface area contributed by atoms with Crippen LogP contribution in [0.2, 0.25) is 0 Å². The summed E-state index contributed by atoms with van der Waals surface area (Å²) in [5, 5.41) is 28.1. The van der Waals surface area contributed by atoms with Gasteiger partial charge in [-0.1, -0.05) is 32.0 Å². The number of nitrogens with two attached hydrogens (primary N) is 1. The standard InChI is InChI=1S/C27H37N7O6/c1-14(2)8-20(33-26(38)23(28)15(3)35)24(36)32-21(10-17-12-29-13-31-17)25(37)34-22(27(39)40)9-16-11-30-19-7-5-4-6-18(16)19/h4-7,11-15,20-23,30,35H,8-10,28H2,1-3H3,(H,29,31)(H,32,36)(H,33,38)(H,34,37)(H,39,40). The van der Waals surface area contributed by atoms with Crippen LogP contribution in [0.4, 0.5) is 0 Å². The number of imidazole rings is 1. The molecule has 9 N–H and O–H groups in total. The second-order valence-corrected chi connectivity index (χ2v) is 10.3. The minimum atomic E-state index is -1.27. The van der Waals surface area contributed by atoms with Gasteiger partial charge in [-0.2, -0.15) is 0 Å². The smallest absolute Gasteiger partial charge is 0.326 e. The topological polar surface area (TPSA) is 215 Å². The highest BCUT2D eigenvalue weighted by atomic mass is 16.4. The highest BCUT2D eigenvalue weighted by Crippen LogP contribution is 2.19. The highest BCUT2D eigenvalue weighted by Gasteiger charge is 2.32. The summed E-state index contributed by atoms with van der Waals surface area (Å²) in [6.45, 7) is 5.08. The number of carboxylic acids is 1. The molecule has 0 saturated carbocycles. The van der Waals surface area contributed by atoms with Crippen LogP contribution in [0, 0.1) is 5.92 Å². The Morgan fingerprint density at radius 2 is 1.57 bits per heavy atom. The zero-order valence-corrected chi connectivity index (χ0v) is 22.7. The molecule has 5 unspecified atom stereocenters. The van der Waals surface area contributed by atoms with Crippen LogP contribution in [0.3, 0.4) is 0 Å². The van der Waals surface area contributed by atoms with Gasteiger partial charge in [0, 0.05) is 41.8 Å². The molecule has 216 valence electrons. The number of benzene rings is 1. The minimum Gasteiger partial charge on any atom is -0.480 e. The number of carbonyl (C=O) groups excluding carboxylic acids is 3. The molecule has 2 aromatic heterocycles. The van der Waals surface area contributed by atoms with Gasteiger partial charge >= 0.3 is 5.97 Å². The minimum absolute atomic E-state index is 0.00741. The van der Waals surface area contributed by atoms with Crippen molar-refractivity contribution in [3.63, 3.8) is 0 Å². The first-order valence-corrected chi connectivity index (χ1v) is 13.1. The Balaban J connectivity index is 1.79. The number of H-pyrrole nitrogens is 2. The monoisotopic (exact) mass is 555 g/mol. The third kappa shape index (κ3) is 8.13. The van der Waals surface area contributed by atoms with Crippen molar-refractivity contribution >= 4 is 34.6 Å². The molecule has 0 bridgehead atoms. The number of hydrogen-bond donors (Lipinski definition) is 8. The summed E-state index contributed by atoms with van der Waals surface area (Å²) >= 11 is 0. The Kier molecular flexibility index (Phi) is 10.4. The van der Waals surface area contributed by atoms with Gasteiger partial charge in [0.25, 0.3) is 0 Å². The number of aliphatic hydroxyl groups excluding tert-OH is 1. The molecular weight excluding hydrogens is 518 g/mol. The maximum absolute atomic E-state index is 13.4. The SMILES string of the molecule is CC(C)CC(NC(=O)C(N)C(C)O)C(=O)NC(Cc1cnc[nH]1)C(=O)NC(Cc1c[nH]c2ccccc12)C(=O)O. The number of para-hydroxylation sites is 1. The molecule has 13 nitrogen and oxygen atoms in total. The summed E-state index contributed by atoms with van der Waals surface area (Å²) in [5.41, 5.74) is 7.81. The van der Waals surface area contributed by atoms with E-state index in [9.17, 15) is 29.4 Å². The molecule has 0 spiro atoms. The van der Waals surface area contributed by atoms with Crippen LogP contribution in [0.1, 0.15) is 38.4 Å². The summed E-state index contributed by atoms with van der Waals surface area (Å²) in [6.07, 6.45) is 3.72. The number of amides is 3. The molecule has 5 atom stereocenters. The number of aromatic amines is 2. The lowest BCUT2D eigenvalue weighted by Crippen LogP contribution is -2.58. The fourth-order valence-corrected chi connectivity index (χ4v) is 4.28. The zero-order chi connectivity index (χ0) is 29.4. The second-order valence-electron chi connectivity index (χ2n) is 10.3. The third-order valence-electron chi connectivity index (χ3n) is 6.49. The summed E-state index contributed by atoms with van der Waals surface area (Å²) < 4.78 is 0. The van der Waals surface area contributed by atoms with Gasteiger partial charge in [0.15, 0.2) is 0 Å². The number of nitrogens with zero attached hydrogens (tertiary/aromatic N) is 1. The fraction of sp³-hybridized carbons (Fsp3) is 0.444. The van der Waals surface area contributed by atoms with E-state index in [4.69, 9.17) is 5.73 Å². The number of nitrogens with one attached hydrogen (secondary N) is 5. The van der Waals surface area contributed by atoms with E-state index in [0.717, 1.165) is 10.9 Å². The Bertz CT molecular complexity index is 1300. The average molecular weight is 556 g/mol. The van der Waals surface area contributed by atoms with Gasteiger partial charge in [0.1, 0.15) is 24.2 Å². The van der Waals surface area contributed by atoms with E-state index in [2.05, 4.69) is 30.9 Å². The Hall–Kier alpha value is -4.23. The molecule has 3 rings (SSSR count). The number of hydrogen-bond acceptors (Lipinski definition) is 7. The van der Waals surface area contributed by atoms with Crippen LogP contribution in [0.25, 0.3) is 10.9 Å². The largest absolute Gasteiger partial charge is 0.480 e. The van der Waals surface area contributed by atoms with Gasteiger partial charge in [0.2, 0.25) is 17.7 Å². The van der Waals surface area contributed by atoms with Crippen LogP contribution >= 0.6 is 0 Å².